The van der Waals surface area contributed by atoms with Crippen molar-refractivity contribution in [3.05, 3.63) is 54.7 Å². The van der Waals surface area contributed by atoms with Crippen molar-refractivity contribution in [1.82, 2.24) is 9.88 Å². The summed E-state index contributed by atoms with van der Waals surface area (Å²) in [5.74, 6) is 1.27. The van der Waals surface area contributed by atoms with Crippen molar-refractivity contribution in [3.8, 4) is 0 Å². The van der Waals surface area contributed by atoms with Crippen LogP contribution in [-0.2, 0) is 0 Å². The molecular weight excluding hydrogens is 272 g/mol. The average Bonchev–Trinajstić information content (AvgIpc) is 2.60. The van der Waals surface area contributed by atoms with Crippen molar-refractivity contribution >= 4 is 10.9 Å². The van der Waals surface area contributed by atoms with E-state index in [1.165, 1.54) is 6.42 Å². The molecule has 2 bridgehead atoms. The van der Waals surface area contributed by atoms with E-state index in [1.807, 2.05) is 30.5 Å². The third-order valence-corrected chi connectivity index (χ3v) is 5.52. The van der Waals surface area contributed by atoms with Gasteiger partial charge in [0.15, 0.2) is 0 Å². The molecule has 114 valence electrons. The molecular formula is C19H22N2O. The van der Waals surface area contributed by atoms with Crippen LogP contribution in [0.2, 0.25) is 0 Å². The molecule has 0 radical (unpaired) electrons. The maximum atomic E-state index is 11.0. The summed E-state index contributed by atoms with van der Waals surface area (Å²) in [4.78, 5) is 6.86. The lowest BCUT2D eigenvalue weighted by Gasteiger charge is -2.50. The Morgan fingerprint density at radius 3 is 2.95 bits per heavy atom. The van der Waals surface area contributed by atoms with Crippen LogP contribution in [-0.4, -0.2) is 34.1 Å². The highest BCUT2D eigenvalue weighted by Gasteiger charge is 2.42. The Balaban J connectivity index is 1.67. The van der Waals surface area contributed by atoms with Crippen LogP contribution in [0, 0.1) is 11.8 Å². The van der Waals surface area contributed by atoms with Crippen molar-refractivity contribution < 1.29 is 5.11 Å². The van der Waals surface area contributed by atoms with E-state index in [1.54, 1.807) is 0 Å². The van der Waals surface area contributed by atoms with Gasteiger partial charge < -0.3 is 5.11 Å². The van der Waals surface area contributed by atoms with Crippen LogP contribution < -0.4 is 0 Å². The summed E-state index contributed by atoms with van der Waals surface area (Å²) in [6, 6.07) is 10.3. The lowest BCUT2D eigenvalue weighted by atomic mass is 9.73. The number of pyridine rings is 1. The van der Waals surface area contributed by atoms with Crippen LogP contribution in [0.25, 0.3) is 10.9 Å². The quantitative estimate of drug-likeness (QED) is 0.883. The number of fused-ring (bicyclic) bond motifs is 4. The molecule has 22 heavy (non-hydrogen) atoms. The molecule has 3 fully saturated rings. The molecule has 0 amide bonds. The van der Waals surface area contributed by atoms with E-state index >= 15 is 0 Å². The van der Waals surface area contributed by atoms with Gasteiger partial charge in [0.1, 0.15) is 0 Å². The molecule has 0 aliphatic carbocycles. The molecule has 0 saturated carbocycles. The molecule has 1 N–H and O–H groups in total. The summed E-state index contributed by atoms with van der Waals surface area (Å²) in [5, 5.41) is 12.1. The average molecular weight is 294 g/mol. The zero-order valence-electron chi connectivity index (χ0n) is 12.7. The number of piperidine rings is 3. The smallest absolute Gasteiger partial charge is 0.0952 e. The van der Waals surface area contributed by atoms with Gasteiger partial charge in [-0.3, -0.25) is 9.88 Å². The minimum atomic E-state index is -0.443. The topological polar surface area (TPSA) is 36.4 Å². The van der Waals surface area contributed by atoms with Crippen LogP contribution in [0.5, 0.6) is 0 Å². The molecule has 3 nitrogen and oxygen atoms in total. The molecule has 5 atom stereocenters. The largest absolute Gasteiger partial charge is 0.387 e. The van der Waals surface area contributed by atoms with Crippen LogP contribution in [0.1, 0.15) is 24.5 Å². The monoisotopic (exact) mass is 294 g/mol. The fourth-order valence-electron chi connectivity index (χ4n) is 4.29. The van der Waals surface area contributed by atoms with Crippen molar-refractivity contribution in [2.75, 3.05) is 13.1 Å². The maximum absolute atomic E-state index is 11.0. The second kappa shape index (κ2) is 5.49. The van der Waals surface area contributed by atoms with Gasteiger partial charge in [0.2, 0.25) is 0 Å². The van der Waals surface area contributed by atoms with Gasteiger partial charge >= 0.3 is 0 Å². The summed E-state index contributed by atoms with van der Waals surface area (Å²) in [6.07, 6.45) is 5.76. The van der Waals surface area contributed by atoms with Gasteiger partial charge in [-0.2, -0.15) is 0 Å². The zero-order valence-corrected chi connectivity index (χ0v) is 12.7. The van der Waals surface area contributed by atoms with Crippen LogP contribution in [0.15, 0.2) is 49.2 Å². The maximum Gasteiger partial charge on any atom is 0.0952 e. The summed E-state index contributed by atoms with van der Waals surface area (Å²) in [7, 11) is 0. The normalized spacial score (nSPS) is 32.0. The number of hydrogen-bond donors (Lipinski definition) is 1. The van der Waals surface area contributed by atoms with E-state index in [9.17, 15) is 5.11 Å². The van der Waals surface area contributed by atoms with Crippen molar-refractivity contribution in [3.63, 3.8) is 0 Å². The third-order valence-electron chi connectivity index (χ3n) is 5.52. The van der Waals surface area contributed by atoms with Gasteiger partial charge in [-0.15, -0.1) is 6.58 Å². The van der Waals surface area contributed by atoms with Crippen molar-refractivity contribution in [2.24, 2.45) is 11.8 Å². The Kier molecular flexibility index (Phi) is 3.47. The van der Waals surface area contributed by atoms with Gasteiger partial charge in [-0.25, -0.2) is 0 Å². The van der Waals surface area contributed by atoms with E-state index in [0.29, 0.717) is 11.8 Å². The van der Waals surface area contributed by atoms with E-state index < -0.39 is 6.10 Å². The minimum absolute atomic E-state index is 0.223. The van der Waals surface area contributed by atoms with Gasteiger partial charge in [0.25, 0.3) is 0 Å². The van der Waals surface area contributed by atoms with Crippen LogP contribution in [0.4, 0.5) is 0 Å². The van der Waals surface area contributed by atoms with Gasteiger partial charge in [-0.1, -0.05) is 24.3 Å². The number of para-hydroxylation sites is 1. The summed E-state index contributed by atoms with van der Waals surface area (Å²) >= 11 is 0. The second-order valence-electron chi connectivity index (χ2n) is 6.61. The molecule has 5 rings (SSSR count). The second-order valence-corrected chi connectivity index (χ2v) is 6.61. The molecule has 3 aliphatic heterocycles. The molecule has 2 aromatic rings. The van der Waals surface area contributed by atoms with Gasteiger partial charge in [0, 0.05) is 24.2 Å². The first kappa shape index (κ1) is 13.9. The minimum Gasteiger partial charge on any atom is -0.387 e. The number of aliphatic hydroxyl groups is 1. The van der Waals surface area contributed by atoms with Crippen molar-refractivity contribution in [2.45, 2.75) is 25.0 Å². The number of benzene rings is 1. The first-order chi connectivity index (χ1) is 10.8. The summed E-state index contributed by atoms with van der Waals surface area (Å²) in [6.45, 7) is 6.11. The highest BCUT2D eigenvalue weighted by molar-refractivity contribution is 5.82. The fraction of sp³-hybridized carbons (Fsp3) is 0.421. The van der Waals surface area contributed by atoms with Crippen molar-refractivity contribution in [1.29, 1.82) is 0 Å². The molecule has 3 heteroatoms. The SMILES string of the molecule is C=CC1CN2CCC1CC2[C@H](O)c1ccnc2ccccc12. The predicted octanol–water partition coefficient (Wildman–Crippen LogP) is 3.16. The molecule has 3 saturated heterocycles. The Labute approximate surface area is 131 Å². The Hall–Kier alpha value is -1.71. The lowest BCUT2D eigenvalue weighted by Crippen LogP contribution is -2.54. The van der Waals surface area contributed by atoms with Crippen LogP contribution in [0.3, 0.4) is 0 Å². The summed E-state index contributed by atoms with van der Waals surface area (Å²) in [5.41, 5.74) is 1.97. The molecule has 1 aromatic heterocycles. The number of hydrogen-bond acceptors (Lipinski definition) is 3. The number of aromatic nitrogens is 1. The Morgan fingerprint density at radius 2 is 2.18 bits per heavy atom. The highest BCUT2D eigenvalue weighted by Crippen LogP contribution is 2.41. The first-order valence-corrected chi connectivity index (χ1v) is 8.16. The van der Waals surface area contributed by atoms with E-state index in [0.717, 1.165) is 36.0 Å². The molecule has 0 spiro atoms. The number of aliphatic hydroxyl groups excluding tert-OH is 1. The highest BCUT2D eigenvalue weighted by atomic mass is 16.3. The van der Waals surface area contributed by atoms with E-state index in [-0.39, 0.29) is 6.04 Å². The number of nitrogens with zero attached hydrogens (tertiary/aromatic N) is 2. The third kappa shape index (κ3) is 2.16. The van der Waals surface area contributed by atoms with E-state index in [4.69, 9.17) is 0 Å². The molecule has 1 aromatic carbocycles. The van der Waals surface area contributed by atoms with Gasteiger partial charge in [-0.05, 0) is 48.9 Å². The predicted molar refractivity (Wildman–Crippen MR) is 88.5 cm³/mol. The Morgan fingerprint density at radius 1 is 1.32 bits per heavy atom. The molecule has 4 unspecified atom stereocenters. The fourth-order valence-corrected chi connectivity index (χ4v) is 4.29. The summed E-state index contributed by atoms with van der Waals surface area (Å²) < 4.78 is 0. The van der Waals surface area contributed by atoms with Crippen LogP contribution >= 0.6 is 0 Å². The first-order valence-electron chi connectivity index (χ1n) is 8.16. The van der Waals surface area contributed by atoms with E-state index in [2.05, 4.69) is 28.6 Å². The lowest BCUT2D eigenvalue weighted by molar-refractivity contribution is -0.0444. The molecule has 4 heterocycles. The number of rotatable bonds is 3. The Bertz CT molecular complexity index is 693. The zero-order chi connectivity index (χ0) is 15.1. The van der Waals surface area contributed by atoms with Gasteiger partial charge in [0.05, 0.1) is 11.6 Å². The molecule has 3 aliphatic rings. The standard InChI is InChI=1S/C19H22N2O/c1-2-13-12-21-10-8-14(13)11-18(21)19(22)16-7-9-20-17-6-4-3-5-15(16)17/h2-7,9,13-14,18-19,22H,1,8,10-12H2/t13?,14?,18?,19-/m1/s1.